The molecule has 28 heavy (non-hydrogen) atoms. The minimum absolute atomic E-state index is 0.288. The molecule has 2 heterocycles. The van der Waals surface area contributed by atoms with Crippen molar-refractivity contribution >= 4 is 5.91 Å². The predicted octanol–water partition coefficient (Wildman–Crippen LogP) is 4.72. The number of carbonyl (C=O) groups excluding carboxylic acids is 1. The Bertz CT molecular complexity index is 971. The highest BCUT2D eigenvalue weighted by Gasteiger charge is 2.30. The Morgan fingerprint density at radius 1 is 1.25 bits per heavy atom. The topological polar surface area (TPSA) is 70.9 Å². The van der Waals surface area contributed by atoms with Crippen molar-refractivity contribution in [3.63, 3.8) is 0 Å². The molecule has 0 aliphatic carbocycles. The van der Waals surface area contributed by atoms with Crippen molar-refractivity contribution in [1.82, 2.24) is 15.5 Å². The van der Waals surface area contributed by atoms with Crippen LogP contribution >= 0.6 is 0 Å². The molecule has 1 unspecified atom stereocenters. The minimum atomic E-state index is -4.35. The lowest BCUT2D eigenvalue weighted by Crippen LogP contribution is -2.27. The van der Waals surface area contributed by atoms with Gasteiger partial charge in [0.05, 0.1) is 11.6 Å². The maximum absolute atomic E-state index is 12.7. The van der Waals surface area contributed by atoms with Gasteiger partial charge in [-0.1, -0.05) is 17.3 Å². The normalized spacial score (nSPS) is 12.8. The number of nitrogens with zero attached hydrogens (tertiary/aromatic N) is 1. The van der Waals surface area contributed by atoms with Crippen LogP contribution in [0.1, 0.15) is 57.2 Å². The van der Waals surface area contributed by atoms with E-state index in [1.807, 2.05) is 0 Å². The molecule has 0 aliphatic rings. The number of halogens is 3. The molecule has 5 nitrogen and oxygen atoms in total. The van der Waals surface area contributed by atoms with Crippen molar-refractivity contribution in [2.24, 2.45) is 0 Å². The molecule has 1 atom stereocenters. The van der Waals surface area contributed by atoms with Crippen molar-refractivity contribution in [3.05, 3.63) is 75.9 Å². The SMILES string of the molecule is Cc1cc(C(C)NC(=O)c2[nH]cc(Cc3ccc(C(F)(F)F)cc3)c2C)no1. The number of hydrogen-bond donors (Lipinski definition) is 2. The summed E-state index contributed by atoms with van der Waals surface area (Å²) in [7, 11) is 0. The van der Waals surface area contributed by atoms with Crippen molar-refractivity contribution in [3.8, 4) is 0 Å². The van der Waals surface area contributed by atoms with Crippen LogP contribution in [0.5, 0.6) is 0 Å². The first-order valence-electron chi connectivity index (χ1n) is 8.72. The molecule has 0 bridgehead atoms. The molecular formula is C20H20F3N3O2. The second kappa shape index (κ2) is 7.53. The van der Waals surface area contributed by atoms with E-state index in [9.17, 15) is 18.0 Å². The van der Waals surface area contributed by atoms with Gasteiger partial charge in [0.2, 0.25) is 0 Å². The first kappa shape index (κ1) is 19.7. The quantitative estimate of drug-likeness (QED) is 0.661. The largest absolute Gasteiger partial charge is 0.416 e. The highest BCUT2D eigenvalue weighted by molar-refractivity contribution is 5.94. The summed E-state index contributed by atoms with van der Waals surface area (Å²) in [5.74, 6) is 0.371. The number of aromatic amines is 1. The van der Waals surface area contributed by atoms with Crippen LogP contribution in [-0.4, -0.2) is 16.0 Å². The van der Waals surface area contributed by atoms with Gasteiger partial charge in [0, 0.05) is 12.3 Å². The van der Waals surface area contributed by atoms with Crippen LogP contribution in [0.2, 0.25) is 0 Å². The van der Waals surface area contributed by atoms with Gasteiger partial charge in [0.1, 0.15) is 17.1 Å². The minimum Gasteiger partial charge on any atom is -0.361 e. The Morgan fingerprint density at radius 2 is 1.93 bits per heavy atom. The van der Waals surface area contributed by atoms with Crippen LogP contribution in [0.25, 0.3) is 0 Å². The Balaban J connectivity index is 1.70. The summed E-state index contributed by atoms with van der Waals surface area (Å²) in [6.45, 7) is 5.38. The predicted molar refractivity (Wildman–Crippen MR) is 96.9 cm³/mol. The highest BCUT2D eigenvalue weighted by atomic mass is 19.4. The molecular weight excluding hydrogens is 371 g/mol. The van der Waals surface area contributed by atoms with Gasteiger partial charge < -0.3 is 14.8 Å². The molecule has 0 spiro atoms. The lowest BCUT2D eigenvalue weighted by Gasteiger charge is -2.11. The molecule has 1 amide bonds. The number of amides is 1. The van der Waals surface area contributed by atoms with Gasteiger partial charge in [-0.2, -0.15) is 13.2 Å². The summed E-state index contributed by atoms with van der Waals surface area (Å²) < 4.78 is 43.0. The summed E-state index contributed by atoms with van der Waals surface area (Å²) in [5, 5.41) is 6.74. The maximum atomic E-state index is 12.7. The van der Waals surface area contributed by atoms with Gasteiger partial charge in [0.15, 0.2) is 0 Å². The molecule has 0 saturated heterocycles. The number of aromatic nitrogens is 2. The van der Waals surface area contributed by atoms with Gasteiger partial charge in [-0.15, -0.1) is 0 Å². The third-order valence-electron chi connectivity index (χ3n) is 4.59. The number of aryl methyl sites for hydroxylation is 1. The van der Waals surface area contributed by atoms with Gasteiger partial charge in [-0.05, 0) is 56.0 Å². The number of nitrogens with one attached hydrogen (secondary N) is 2. The number of alkyl halides is 3. The molecule has 3 aromatic rings. The second-order valence-corrected chi connectivity index (χ2v) is 6.74. The van der Waals surface area contributed by atoms with Crippen molar-refractivity contribution in [1.29, 1.82) is 0 Å². The smallest absolute Gasteiger partial charge is 0.361 e. The van der Waals surface area contributed by atoms with E-state index in [-0.39, 0.29) is 11.9 Å². The average Bonchev–Trinajstić information content (AvgIpc) is 3.21. The van der Waals surface area contributed by atoms with E-state index in [0.29, 0.717) is 23.6 Å². The van der Waals surface area contributed by atoms with Gasteiger partial charge in [-0.3, -0.25) is 4.79 Å². The summed E-state index contributed by atoms with van der Waals surface area (Å²) >= 11 is 0. The Hall–Kier alpha value is -3.03. The third kappa shape index (κ3) is 4.27. The van der Waals surface area contributed by atoms with Crippen LogP contribution in [0.3, 0.4) is 0 Å². The summed E-state index contributed by atoms with van der Waals surface area (Å²) in [6, 6.07) is 6.45. The summed E-state index contributed by atoms with van der Waals surface area (Å²) in [5.41, 5.74) is 2.68. The van der Waals surface area contributed by atoms with Crippen LogP contribution < -0.4 is 5.32 Å². The fourth-order valence-corrected chi connectivity index (χ4v) is 2.92. The number of benzene rings is 1. The van der Waals surface area contributed by atoms with Crippen molar-refractivity contribution in [2.45, 2.75) is 39.4 Å². The van der Waals surface area contributed by atoms with E-state index >= 15 is 0 Å². The molecule has 1 aromatic carbocycles. The van der Waals surface area contributed by atoms with Crippen LogP contribution in [0.4, 0.5) is 13.2 Å². The van der Waals surface area contributed by atoms with E-state index in [1.165, 1.54) is 12.1 Å². The van der Waals surface area contributed by atoms with E-state index in [0.717, 1.165) is 28.8 Å². The molecule has 0 fully saturated rings. The molecule has 0 aliphatic heterocycles. The second-order valence-electron chi connectivity index (χ2n) is 6.74. The third-order valence-corrected chi connectivity index (χ3v) is 4.59. The van der Waals surface area contributed by atoms with E-state index < -0.39 is 11.7 Å². The molecule has 2 aromatic heterocycles. The fraction of sp³-hybridized carbons (Fsp3) is 0.300. The molecule has 3 rings (SSSR count). The van der Waals surface area contributed by atoms with Crippen LogP contribution in [0.15, 0.2) is 41.1 Å². The molecule has 8 heteroatoms. The zero-order chi connectivity index (χ0) is 20.5. The fourth-order valence-electron chi connectivity index (χ4n) is 2.92. The van der Waals surface area contributed by atoms with Crippen LogP contribution in [-0.2, 0) is 12.6 Å². The standard InChI is InChI=1S/C20H20F3N3O2/c1-11-8-17(26-28-11)13(3)25-19(27)18-12(2)15(10-24-18)9-14-4-6-16(7-5-14)20(21,22)23/h4-8,10,13,24H,9H2,1-3H3,(H,25,27). The summed E-state index contributed by atoms with van der Waals surface area (Å²) in [6.07, 6.45) is -2.23. The number of rotatable bonds is 5. The number of H-pyrrole nitrogens is 1. The molecule has 2 N–H and O–H groups in total. The van der Waals surface area contributed by atoms with E-state index in [2.05, 4.69) is 15.5 Å². The Morgan fingerprint density at radius 3 is 2.50 bits per heavy atom. The number of carbonyl (C=O) groups is 1. The van der Waals surface area contributed by atoms with Gasteiger partial charge in [0.25, 0.3) is 5.91 Å². The first-order valence-corrected chi connectivity index (χ1v) is 8.72. The maximum Gasteiger partial charge on any atom is 0.416 e. The van der Waals surface area contributed by atoms with Gasteiger partial charge in [-0.25, -0.2) is 0 Å². The van der Waals surface area contributed by atoms with Crippen molar-refractivity contribution < 1.29 is 22.5 Å². The lowest BCUT2D eigenvalue weighted by molar-refractivity contribution is -0.137. The van der Waals surface area contributed by atoms with Crippen LogP contribution in [0, 0.1) is 13.8 Å². The average molecular weight is 391 g/mol. The van der Waals surface area contributed by atoms with Gasteiger partial charge >= 0.3 is 6.18 Å². The highest BCUT2D eigenvalue weighted by Crippen LogP contribution is 2.29. The zero-order valence-electron chi connectivity index (χ0n) is 15.6. The number of hydrogen-bond acceptors (Lipinski definition) is 3. The lowest BCUT2D eigenvalue weighted by atomic mass is 10.0. The monoisotopic (exact) mass is 391 g/mol. The zero-order valence-corrected chi connectivity index (χ0v) is 15.6. The molecule has 0 saturated carbocycles. The molecule has 148 valence electrons. The van der Waals surface area contributed by atoms with E-state index in [4.69, 9.17) is 4.52 Å². The van der Waals surface area contributed by atoms with Crippen molar-refractivity contribution in [2.75, 3.05) is 0 Å². The Labute approximate surface area is 159 Å². The molecule has 0 radical (unpaired) electrons. The van der Waals surface area contributed by atoms with E-state index in [1.54, 1.807) is 33.0 Å². The first-order chi connectivity index (χ1) is 13.1. The summed E-state index contributed by atoms with van der Waals surface area (Å²) in [4.78, 5) is 15.5. The Kier molecular flexibility index (Phi) is 5.31.